The molecule has 2 rings (SSSR count). The Balaban J connectivity index is 0.000000383. The van der Waals surface area contributed by atoms with E-state index in [4.69, 9.17) is 0 Å². The number of hydrogen-bond donors (Lipinski definition) is 1. The van der Waals surface area contributed by atoms with Gasteiger partial charge in [0.1, 0.15) is 0 Å². The number of ketones is 2. The zero-order valence-corrected chi connectivity index (χ0v) is 12.5. The minimum absolute atomic E-state index is 0.427. The van der Waals surface area contributed by atoms with Gasteiger partial charge in [-0.2, -0.15) is 0 Å². The molecule has 21 heavy (non-hydrogen) atoms. The molecular formula is C18H21NO2. The summed E-state index contributed by atoms with van der Waals surface area (Å²) in [7, 11) is 0. The van der Waals surface area contributed by atoms with Crippen LogP contribution in [0.3, 0.4) is 0 Å². The first-order valence-electron chi connectivity index (χ1n) is 7.10. The van der Waals surface area contributed by atoms with Gasteiger partial charge in [0.2, 0.25) is 11.6 Å². The zero-order valence-electron chi connectivity index (χ0n) is 12.5. The topological polar surface area (TPSA) is 46.2 Å². The van der Waals surface area contributed by atoms with Crippen molar-refractivity contribution in [3.8, 4) is 0 Å². The molecule has 0 amide bonds. The van der Waals surface area contributed by atoms with Crippen molar-refractivity contribution >= 4 is 11.6 Å². The van der Waals surface area contributed by atoms with Gasteiger partial charge in [0, 0.05) is 11.1 Å². The van der Waals surface area contributed by atoms with Crippen LogP contribution in [0.5, 0.6) is 0 Å². The summed E-state index contributed by atoms with van der Waals surface area (Å²) in [6.07, 6.45) is 0. The molecule has 2 aromatic rings. The number of nitrogens with one attached hydrogen (secondary N) is 1. The standard InChI is InChI=1S/C14H10O2.C4H11N/c15-13(11-7-3-1-4-8-11)14(16)12-9-5-2-6-10-12;1-3-5-4-2/h1-10H;5H,3-4H2,1-2H3. The van der Waals surface area contributed by atoms with Crippen LogP contribution < -0.4 is 5.32 Å². The summed E-state index contributed by atoms with van der Waals surface area (Å²) >= 11 is 0. The van der Waals surface area contributed by atoms with Crippen molar-refractivity contribution in [2.75, 3.05) is 13.1 Å². The van der Waals surface area contributed by atoms with Gasteiger partial charge in [-0.25, -0.2) is 0 Å². The molecule has 0 bridgehead atoms. The first-order valence-corrected chi connectivity index (χ1v) is 7.10. The molecule has 0 spiro atoms. The summed E-state index contributed by atoms with van der Waals surface area (Å²) in [5.74, 6) is -0.932. The van der Waals surface area contributed by atoms with Crippen LogP contribution in [0.15, 0.2) is 60.7 Å². The number of carbonyl (C=O) groups excluding carboxylic acids is 2. The lowest BCUT2D eigenvalue weighted by Gasteiger charge is -1.99. The molecule has 0 saturated carbocycles. The van der Waals surface area contributed by atoms with E-state index in [1.807, 2.05) is 12.1 Å². The zero-order chi connectivity index (χ0) is 15.5. The number of hydrogen-bond acceptors (Lipinski definition) is 3. The van der Waals surface area contributed by atoms with Crippen molar-refractivity contribution in [2.24, 2.45) is 0 Å². The third-order valence-electron chi connectivity index (χ3n) is 2.78. The van der Waals surface area contributed by atoms with Crippen molar-refractivity contribution in [2.45, 2.75) is 13.8 Å². The van der Waals surface area contributed by atoms with Gasteiger partial charge in [0.15, 0.2) is 0 Å². The molecular weight excluding hydrogens is 262 g/mol. The summed E-state index contributed by atoms with van der Waals surface area (Å²) in [5.41, 5.74) is 0.854. The van der Waals surface area contributed by atoms with E-state index in [1.54, 1.807) is 48.5 Å². The van der Waals surface area contributed by atoms with Crippen molar-refractivity contribution < 1.29 is 9.59 Å². The lowest BCUT2D eigenvalue weighted by molar-refractivity contribution is 0.0817. The second-order valence-electron chi connectivity index (χ2n) is 4.35. The minimum atomic E-state index is -0.466. The molecule has 0 heterocycles. The van der Waals surface area contributed by atoms with Gasteiger partial charge in [0.05, 0.1) is 0 Å². The number of benzene rings is 2. The van der Waals surface area contributed by atoms with Crippen LogP contribution >= 0.6 is 0 Å². The molecule has 0 atom stereocenters. The molecule has 3 heteroatoms. The van der Waals surface area contributed by atoms with Gasteiger partial charge in [0.25, 0.3) is 0 Å². The number of rotatable bonds is 5. The van der Waals surface area contributed by atoms with Crippen molar-refractivity contribution in [3.05, 3.63) is 71.8 Å². The summed E-state index contributed by atoms with van der Waals surface area (Å²) in [4.78, 5) is 23.6. The Hall–Kier alpha value is -2.26. The Bertz CT molecular complexity index is 498. The number of carbonyl (C=O) groups is 2. The Morgan fingerprint density at radius 1 is 0.714 bits per heavy atom. The molecule has 0 fully saturated rings. The molecule has 3 nitrogen and oxygen atoms in total. The van der Waals surface area contributed by atoms with Crippen LogP contribution in [0.4, 0.5) is 0 Å². The SMILES string of the molecule is CCNCC.O=C(C(=O)c1ccccc1)c1ccccc1. The highest BCUT2D eigenvalue weighted by molar-refractivity contribution is 6.49. The number of Topliss-reactive ketones (excluding diaryl/α,β-unsaturated/α-hetero) is 2. The third-order valence-corrected chi connectivity index (χ3v) is 2.78. The van der Waals surface area contributed by atoms with Gasteiger partial charge in [-0.3, -0.25) is 9.59 Å². The van der Waals surface area contributed by atoms with Crippen LogP contribution in [0, 0.1) is 0 Å². The lowest BCUT2D eigenvalue weighted by atomic mass is 10.0. The van der Waals surface area contributed by atoms with E-state index in [1.165, 1.54) is 0 Å². The first-order chi connectivity index (χ1) is 10.2. The molecule has 0 radical (unpaired) electrons. The molecule has 110 valence electrons. The van der Waals surface area contributed by atoms with Crippen LogP contribution in [0.1, 0.15) is 34.6 Å². The Labute approximate surface area is 126 Å². The average Bonchev–Trinajstić information content (AvgIpc) is 2.56. The lowest BCUT2D eigenvalue weighted by Crippen LogP contribution is -2.14. The van der Waals surface area contributed by atoms with E-state index >= 15 is 0 Å². The van der Waals surface area contributed by atoms with E-state index in [9.17, 15) is 9.59 Å². The van der Waals surface area contributed by atoms with E-state index in [-0.39, 0.29) is 0 Å². The molecule has 0 aliphatic carbocycles. The second-order valence-corrected chi connectivity index (χ2v) is 4.35. The van der Waals surface area contributed by atoms with Crippen molar-refractivity contribution in [1.29, 1.82) is 0 Å². The van der Waals surface area contributed by atoms with Crippen LogP contribution in [-0.2, 0) is 0 Å². The third kappa shape index (κ3) is 5.71. The second kappa shape index (κ2) is 9.61. The summed E-state index contributed by atoms with van der Waals surface area (Å²) < 4.78 is 0. The maximum Gasteiger partial charge on any atom is 0.233 e. The molecule has 0 aromatic heterocycles. The van der Waals surface area contributed by atoms with Crippen molar-refractivity contribution in [1.82, 2.24) is 5.32 Å². The van der Waals surface area contributed by atoms with Gasteiger partial charge < -0.3 is 5.32 Å². The minimum Gasteiger partial charge on any atom is -0.317 e. The molecule has 0 unspecified atom stereocenters. The Morgan fingerprint density at radius 2 is 1.05 bits per heavy atom. The monoisotopic (exact) mass is 283 g/mol. The summed E-state index contributed by atoms with van der Waals surface area (Å²) in [6.45, 7) is 6.39. The van der Waals surface area contributed by atoms with E-state index < -0.39 is 11.6 Å². The maximum absolute atomic E-state index is 11.8. The van der Waals surface area contributed by atoms with Gasteiger partial charge >= 0.3 is 0 Å². The van der Waals surface area contributed by atoms with Gasteiger partial charge in [-0.05, 0) is 13.1 Å². The smallest absolute Gasteiger partial charge is 0.233 e. The average molecular weight is 283 g/mol. The fourth-order valence-electron chi connectivity index (χ4n) is 1.69. The molecule has 0 aliphatic heterocycles. The Morgan fingerprint density at radius 3 is 1.29 bits per heavy atom. The summed E-state index contributed by atoms with van der Waals surface area (Å²) in [6, 6.07) is 17.2. The molecule has 0 saturated heterocycles. The highest BCUT2D eigenvalue weighted by Gasteiger charge is 2.16. The predicted molar refractivity (Wildman–Crippen MR) is 85.8 cm³/mol. The fourth-order valence-corrected chi connectivity index (χ4v) is 1.69. The molecule has 2 aromatic carbocycles. The molecule has 0 aliphatic rings. The van der Waals surface area contributed by atoms with Crippen LogP contribution in [0.25, 0.3) is 0 Å². The van der Waals surface area contributed by atoms with Crippen molar-refractivity contribution in [3.63, 3.8) is 0 Å². The highest BCUT2D eigenvalue weighted by Crippen LogP contribution is 2.07. The fraction of sp³-hybridized carbons (Fsp3) is 0.222. The van der Waals surface area contributed by atoms with E-state index in [2.05, 4.69) is 19.2 Å². The normalized spacial score (nSPS) is 9.43. The van der Waals surface area contributed by atoms with E-state index in [0.717, 1.165) is 13.1 Å². The maximum atomic E-state index is 11.8. The highest BCUT2D eigenvalue weighted by atomic mass is 16.2. The quantitative estimate of drug-likeness (QED) is 0.676. The van der Waals surface area contributed by atoms with Gasteiger partial charge in [-0.1, -0.05) is 74.5 Å². The van der Waals surface area contributed by atoms with Crippen LogP contribution in [0.2, 0.25) is 0 Å². The van der Waals surface area contributed by atoms with Gasteiger partial charge in [-0.15, -0.1) is 0 Å². The first kappa shape index (κ1) is 16.8. The Kier molecular flexibility index (Phi) is 7.69. The largest absolute Gasteiger partial charge is 0.317 e. The summed E-state index contributed by atoms with van der Waals surface area (Å²) in [5, 5.41) is 3.11. The van der Waals surface area contributed by atoms with Crippen LogP contribution in [-0.4, -0.2) is 24.7 Å². The molecule has 1 N–H and O–H groups in total. The predicted octanol–water partition coefficient (Wildman–Crippen LogP) is 3.37. The van der Waals surface area contributed by atoms with E-state index in [0.29, 0.717) is 11.1 Å².